The summed E-state index contributed by atoms with van der Waals surface area (Å²) >= 11 is 0. The summed E-state index contributed by atoms with van der Waals surface area (Å²) in [6.07, 6.45) is -1.24. The van der Waals surface area contributed by atoms with Gasteiger partial charge < -0.3 is 9.47 Å². The van der Waals surface area contributed by atoms with Crippen molar-refractivity contribution < 1.29 is 62.2 Å². The number of benzene rings is 4. The van der Waals surface area contributed by atoms with E-state index in [1.54, 1.807) is 31.2 Å². The molecule has 0 atom stereocenters. The number of alkyl halides is 4. The van der Waals surface area contributed by atoms with Crippen LogP contribution in [0.3, 0.4) is 0 Å². The van der Waals surface area contributed by atoms with Crippen LogP contribution < -0.4 is 9.47 Å². The number of ether oxygens (including phenoxy) is 2. The molecule has 54 heavy (non-hydrogen) atoms. The molecule has 4 aromatic rings. The fourth-order valence-corrected chi connectivity index (χ4v) is 7.07. The van der Waals surface area contributed by atoms with Crippen molar-refractivity contribution in [1.82, 2.24) is 0 Å². The zero-order chi connectivity index (χ0) is 39.5. The monoisotopic (exact) mass is 776 g/mol. The molecule has 4 aromatic carbocycles. The van der Waals surface area contributed by atoms with Crippen molar-refractivity contribution in [3.05, 3.63) is 118 Å². The molecule has 292 valence electrons. The third-order valence-electron chi connectivity index (χ3n) is 10.1. The lowest BCUT2D eigenvalue weighted by atomic mass is 9.69. The lowest BCUT2D eigenvalue weighted by Gasteiger charge is -2.38. The van der Waals surface area contributed by atoms with E-state index in [1.807, 2.05) is 0 Å². The summed E-state index contributed by atoms with van der Waals surface area (Å²) in [6, 6.07) is 9.04. The lowest BCUT2D eigenvalue weighted by molar-refractivity contribution is -0.224. The second-order valence-electron chi connectivity index (χ2n) is 14.0. The summed E-state index contributed by atoms with van der Waals surface area (Å²) in [6.45, 7) is 4.05. The predicted molar refractivity (Wildman–Crippen MR) is 176 cm³/mol. The first-order valence-corrected chi connectivity index (χ1v) is 17.3. The Morgan fingerprint density at radius 2 is 0.907 bits per heavy atom. The van der Waals surface area contributed by atoms with Crippen LogP contribution in [0.15, 0.2) is 60.7 Å². The minimum atomic E-state index is -4.61. The summed E-state index contributed by atoms with van der Waals surface area (Å²) in [5.74, 6) is -14.4. The third kappa shape index (κ3) is 9.65. The maximum absolute atomic E-state index is 14.4. The number of rotatable bonds is 8. The van der Waals surface area contributed by atoms with Gasteiger partial charge in [0.25, 0.3) is 0 Å². The van der Waals surface area contributed by atoms with Crippen LogP contribution in [0.1, 0.15) is 69.4 Å². The average Bonchev–Trinajstić information content (AvgIpc) is 3.09. The van der Waals surface area contributed by atoms with Gasteiger partial charge in [-0.15, -0.1) is 0 Å². The first-order valence-electron chi connectivity index (χ1n) is 17.3. The van der Waals surface area contributed by atoms with E-state index in [9.17, 15) is 52.7 Å². The molecule has 2 aliphatic carbocycles. The van der Waals surface area contributed by atoms with Crippen LogP contribution in [0, 0.1) is 77.1 Å². The van der Waals surface area contributed by atoms with Gasteiger partial charge in [-0.05, 0) is 86.5 Å². The van der Waals surface area contributed by atoms with E-state index in [2.05, 4.69) is 16.4 Å². The summed E-state index contributed by atoms with van der Waals surface area (Å²) in [7, 11) is 0. The van der Waals surface area contributed by atoms with Crippen LogP contribution >= 0.6 is 0 Å². The van der Waals surface area contributed by atoms with Crippen LogP contribution in [0.2, 0.25) is 0 Å². The summed E-state index contributed by atoms with van der Waals surface area (Å²) < 4.78 is 173. The van der Waals surface area contributed by atoms with Gasteiger partial charge in [0.15, 0.2) is 34.9 Å². The molecule has 0 aromatic heterocycles. The van der Waals surface area contributed by atoms with E-state index in [0.717, 1.165) is 24.3 Å². The summed E-state index contributed by atoms with van der Waals surface area (Å²) in [5, 5.41) is 0. The fourth-order valence-electron chi connectivity index (χ4n) is 7.07. The highest BCUT2D eigenvalue weighted by Gasteiger charge is 2.45. The SMILES string of the molecule is CC1CCC(C2CCC(C(F)(F)Oc3cc(F)c(F)c(F)c3)CC2)CC1.Cc1ccc(-c2cc(F)c(C(F)(F)Oc3cc(F)c(F)c(F)c3)c(F)c2)cc1. The topological polar surface area (TPSA) is 18.5 Å². The fraction of sp³-hybridized carbons (Fsp3) is 0.400. The van der Waals surface area contributed by atoms with Crippen LogP contribution in [0.25, 0.3) is 11.1 Å². The zero-order valence-electron chi connectivity index (χ0n) is 29.1. The van der Waals surface area contributed by atoms with Crippen LogP contribution in [0.5, 0.6) is 11.5 Å². The van der Waals surface area contributed by atoms with Gasteiger partial charge in [0.05, 0.1) is 5.92 Å². The van der Waals surface area contributed by atoms with E-state index >= 15 is 0 Å². The van der Waals surface area contributed by atoms with Crippen LogP contribution in [0.4, 0.5) is 52.7 Å². The van der Waals surface area contributed by atoms with Gasteiger partial charge in [-0.3, -0.25) is 0 Å². The minimum absolute atomic E-state index is 0.00780. The van der Waals surface area contributed by atoms with Gasteiger partial charge in [0.2, 0.25) is 0 Å². The molecule has 0 amide bonds. The van der Waals surface area contributed by atoms with Crippen LogP contribution in [-0.2, 0) is 6.11 Å². The third-order valence-corrected chi connectivity index (χ3v) is 10.1. The molecule has 6 rings (SSSR count). The zero-order valence-corrected chi connectivity index (χ0v) is 29.1. The number of hydrogen-bond donors (Lipinski definition) is 0. The maximum Gasteiger partial charge on any atom is 0.432 e. The second-order valence-corrected chi connectivity index (χ2v) is 14.0. The van der Waals surface area contributed by atoms with Crippen molar-refractivity contribution >= 4 is 0 Å². The maximum atomic E-state index is 14.4. The molecule has 0 aliphatic heterocycles. The number of aryl methyl sites for hydroxylation is 1. The molecule has 0 bridgehead atoms. The standard InChI is InChI=1S/C20H11F7O.C20H25F5O/c1-10-2-4-11(5-3-10)12-6-14(21)18(15(22)7-12)20(26,27)28-13-8-16(23)19(25)17(24)9-13;1-12-2-4-13(5-3-12)14-6-8-15(9-7-14)20(24,25)26-16-10-17(21)19(23)18(22)11-16/h2-9H,1H3;10-15H,2-9H2,1H3. The highest BCUT2D eigenvalue weighted by Crippen LogP contribution is 2.46. The second kappa shape index (κ2) is 16.6. The minimum Gasteiger partial charge on any atom is -0.432 e. The Kier molecular flexibility index (Phi) is 12.5. The van der Waals surface area contributed by atoms with E-state index < -0.39 is 81.7 Å². The Hall–Kier alpha value is -4.36. The van der Waals surface area contributed by atoms with Gasteiger partial charge in [-0.1, -0.05) is 49.6 Å². The van der Waals surface area contributed by atoms with Gasteiger partial charge in [0, 0.05) is 24.3 Å². The molecule has 0 radical (unpaired) electrons. The van der Waals surface area contributed by atoms with Gasteiger partial charge in [0.1, 0.15) is 28.7 Å². The quantitative estimate of drug-likeness (QED) is 0.131. The first kappa shape index (κ1) is 40.8. The molecule has 2 saturated carbocycles. The molecule has 0 spiro atoms. The summed E-state index contributed by atoms with van der Waals surface area (Å²) in [5.41, 5.74) is -0.455. The Bertz CT molecular complexity index is 1850. The first-order chi connectivity index (χ1) is 25.3. The van der Waals surface area contributed by atoms with E-state index in [4.69, 9.17) is 0 Å². The molecule has 2 nitrogen and oxygen atoms in total. The predicted octanol–water partition coefficient (Wildman–Crippen LogP) is 13.2. The highest BCUT2D eigenvalue weighted by molar-refractivity contribution is 5.64. The van der Waals surface area contributed by atoms with Crippen molar-refractivity contribution in [2.45, 2.75) is 77.4 Å². The summed E-state index contributed by atoms with van der Waals surface area (Å²) in [4.78, 5) is 0. The number of halogens is 12. The normalized spacial score (nSPS) is 20.6. The lowest BCUT2D eigenvalue weighted by Crippen LogP contribution is -2.38. The Morgan fingerprint density at radius 1 is 0.500 bits per heavy atom. The Morgan fingerprint density at radius 3 is 1.35 bits per heavy atom. The number of hydrogen-bond acceptors (Lipinski definition) is 2. The molecule has 0 heterocycles. The van der Waals surface area contributed by atoms with Crippen molar-refractivity contribution in [1.29, 1.82) is 0 Å². The molecule has 2 aliphatic rings. The molecular formula is C40H36F12O2. The Labute approximate surface area is 304 Å². The average molecular weight is 777 g/mol. The van der Waals surface area contributed by atoms with Gasteiger partial charge in [-0.25, -0.2) is 35.1 Å². The van der Waals surface area contributed by atoms with Crippen molar-refractivity contribution in [3.8, 4) is 22.6 Å². The van der Waals surface area contributed by atoms with E-state index in [-0.39, 0.29) is 17.7 Å². The smallest absolute Gasteiger partial charge is 0.432 e. The largest absolute Gasteiger partial charge is 0.432 e. The van der Waals surface area contributed by atoms with Crippen LogP contribution in [-0.4, -0.2) is 6.11 Å². The molecule has 0 unspecified atom stereocenters. The molecule has 2 fully saturated rings. The van der Waals surface area contributed by atoms with Crippen molar-refractivity contribution in [3.63, 3.8) is 0 Å². The molecule has 0 N–H and O–H groups in total. The molecule has 14 heteroatoms. The van der Waals surface area contributed by atoms with Crippen molar-refractivity contribution in [2.75, 3.05) is 0 Å². The van der Waals surface area contributed by atoms with Gasteiger partial charge in [-0.2, -0.15) is 17.6 Å². The van der Waals surface area contributed by atoms with Crippen molar-refractivity contribution in [2.24, 2.45) is 23.7 Å². The van der Waals surface area contributed by atoms with E-state index in [0.29, 0.717) is 54.5 Å². The highest BCUT2D eigenvalue weighted by atomic mass is 19.3. The Balaban J connectivity index is 0.000000208. The molecule has 0 saturated heterocycles. The molecular weight excluding hydrogens is 740 g/mol. The van der Waals surface area contributed by atoms with Gasteiger partial charge >= 0.3 is 12.2 Å². The van der Waals surface area contributed by atoms with E-state index in [1.165, 1.54) is 25.7 Å².